The van der Waals surface area contributed by atoms with Gasteiger partial charge < -0.3 is 40.3 Å². The molecule has 10 N–H and O–H groups in total. The third-order valence-corrected chi connectivity index (χ3v) is 0. The van der Waals surface area contributed by atoms with Gasteiger partial charge in [-0.1, -0.05) is 0 Å². The predicted octanol–water partition coefficient (Wildman–Crippen LogP) is -12.7. The van der Waals surface area contributed by atoms with E-state index < -0.39 is 15.6 Å². The van der Waals surface area contributed by atoms with Crippen molar-refractivity contribution >= 4 is 393 Å². The number of phosphoric acid groups is 2. The van der Waals surface area contributed by atoms with Gasteiger partial charge in [-0.25, -0.2) is 9.13 Å². The molecule has 10 nitrogen and oxygen atoms in total. The van der Waals surface area contributed by atoms with Gasteiger partial charge in [-0.3, -0.25) is 0 Å². The molecule has 0 aromatic heterocycles. The van der Waals surface area contributed by atoms with Crippen molar-refractivity contribution in [1.29, 1.82) is 0 Å². The molecular formula is H30Ca10O10P2. The van der Waals surface area contributed by atoms with E-state index in [0.717, 1.165) is 0 Å². The second-order valence-electron chi connectivity index (χ2n) is 1.03. The average Bonchev–Trinajstić information content (AvgIpc) is 1.12. The Balaban J connectivity index is -0.00000000314. The molecule has 0 aliphatic heterocycles. The summed E-state index contributed by atoms with van der Waals surface area (Å²) in [6.07, 6.45) is 0. The molecule has 0 heterocycles. The number of rotatable bonds is 0. The van der Waals surface area contributed by atoms with E-state index in [4.69, 9.17) is 38.5 Å². The Kier molecular flexibility index (Phi) is 247. The second kappa shape index (κ2) is 59.1. The fraction of sp³-hybridized carbons (Fsp3) is 0. The average molecular weight is 653 g/mol. The Morgan fingerprint density at radius 1 is 0.364 bits per heavy atom. The van der Waals surface area contributed by atoms with Crippen molar-refractivity contribution in [2.24, 2.45) is 0 Å². The van der Waals surface area contributed by atoms with Gasteiger partial charge in [0.1, 0.15) is 0 Å². The van der Waals surface area contributed by atoms with Crippen molar-refractivity contribution in [2.45, 2.75) is 0 Å². The van der Waals surface area contributed by atoms with Crippen LogP contribution in [0.4, 0.5) is 0 Å². The van der Waals surface area contributed by atoms with E-state index in [1.165, 1.54) is 0 Å². The van der Waals surface area contributed by atoms with Gasteiger partial charge in [0, 0.05) is 0 Å². The molecule has 0 aliphatic rings. The molecule has 0 radical (unpaired) electrons. The predicted molar refractivity (Wildman–Crippen MR) is 121 cm³/mol. The van der Waals surface area contributed by atoms with E-state index in [0.29, 0.717) is 0 Å². The van der Waals surface area contributed by atoms with E-state index in [1.807, 2.05) is 0 Å². The first-order valence-electron chi connectivity index (χ1n) is 1.57. The molecule has 120 valence electrons. The summed E-state index contributed by atoms with van der Waals surface area (Å²) in [5.41, 5.74) is 0. The fourth-order valence-electron chi connectivity index (χ4n) is 0. The second-order valence-corrected chi connectivity index (χ2v) is 3.08. The summed E-state index contributed by atoms with van der Waals surface area (Å²) in [6, 6.07) is 0. The topological polar surface area (TPSA) is 219 Å². The van der Waals surface area contributed by atoms with E-state index in [1.54, 1.807) is 0 Å². The van der Waals surface area contributed by atoms with Crippen LogP contribution in [0.5, 0.6) is 0 Å². The van der Waals surface area contributed by atoms with Gasteiger partial charge in [0.15, 0.2) is 0 Å². The van der Waals surface area contributed by atoms with Gasteiger partial charge >= 0.3 is 393 Å². The molecule has 0 saturated carbocycles. The third kappa shape index (κ3) is 203. The van der Waals surface area contributed by atoms with Crippen LogP contribution in [0.15, 0.2) is 0 Å². The molecule has 0 atom stereocenters. The van der Waals surface area contributed by atoms with Crippen molar-refractivity contribution in [3.63, 3.8) is 0 Å². The molecule has 0 amide bonds. The van der Waals surface area contributed by atoms with Crippen LogP contribution < -0.4 is 0 Å². The van der Waals surface area contributed by atoms with E-state index >= 15 is 0 Å². The summed E-state index contributed by atoms with van der Waals surface area (Å²) in [5, 5.41) is 0. The minimum atomic E-state index is -4.64. The molecule has 0 spiro atoms. The first-order chi connectivity index (χ1) is 4.00. The standard InChI is InChI=1S/10Ca.2H3O4P.2H2O.20H/c;;;;;;;;;;2*1-5(2,3)4;;;;;;;;;;;;;;;;;;;;;;/h;;;;;;;;;;2*(H3,1,2,3,4);2*1H2;;;;;;;;;;;;;;;;;;;;. The van der Waals surface area contributed by atoms with Gasteiger partial charge in [0.2, 0.25) is 0 Å². The maximum atomic E-state index is 8.88. The quantitative estimate of drug-likeness (QED) is 0.109. The molecule has 0 aliphatic carbocycles. The third-order valence-electron chi connectivity index (χ3n) is 0. The van der Waals surface area contributed by atoms with Gasteiger partial charge in [0.05, 0.1) is 0 Å². The van der Waals surface area contributed by atoms with Crippen LogP contribution in [0.3, 0.4) is 0 Å². The minimum absolute atomic E-state index is 0. The molecule has 0 aromatic carbocycles. The molecule has 0 rings (SSSR count). The Morgan fingerprint density at radius 3 is 0.364 bits per heavy atom. The monoisotopic (exact) mass is 652 g/mol. The zero-order valence-corrected chi connectivity index (χ0v) is 7.18. The van der Waals surface area contributed by atoms with Crippen LogP contribution in [-0.2, 0) is 9.13 Å². The molecule has 0 saturated heterocycles. The zero-order valence-electron chi connectivity index (χ0n) is 5.39. The van der Waals surface area contributed by atoms with Crippen LogP contribution in [0, 0.1) is 0 Å². The number of hydrogen-bond donors (Lipinski definition) is 6. The normalized spacial score (nSPS) is 5.36. The summed E-state index contributed by atoms with van der Waals surface area (Å²) in [5.74, 6) is 0. The fourth-order valence-corrected chi connectivity index (χ4v) is 0. The zero-order chi connectivity index (χ0) is 9.00. The molecular weight excluding hydrogens is 623 g/mol. The summed E-state index contributed by atoms with van der Waals surface area (Å²) in [7, 11) is -9.28. The van der Waals surface area contributed by atoms with Crippen LogP contribution in [0.2, 0.25) is 0 Å². The molecule has 22 heteroatoms. The van der Waals surface area contributed by atoms with Gasteiger partial charge in [-0.05, 0) is 0 Å². The van der Waals surface area contributed by atoms with Crippen molar-refractivity contribution in [3.05, 3.63) is 0 Å². The SMILES string of the molecule is O.O.O=P(O)(O)O.O=P(O)(O)O.[CaH2].[CaH2].[CaH2].[CaH2].[CaH2].[CaH2].[CaH2].[CaH2].[CaH2].[CaH2]. The molecule has 0 fully saturated rings. The first-order valence-corrected chi connectivity index (χ1v) is 4.70. The van der Waals surface area contributed by atoms with Gasteiger partial charge in [0.25, 0.3) is 0 Å². The Morgan fingerprint density at radius 2 is 0.364 bits per heavy atom. The van der Waals surface area contributed by atoms with E-state index in [2.05, 4.69) is 0 Å². The number of hydrogen-bond acceptors (Lipinski definition) is 2. The maximum absolute atomic E-state index is 8.88. The Bertz CT molecular complexity index is 142. The van der Waals surface area contributed by atoms with Crippen LogP contribution in [-0.4, -0.2) is 418 Å². The van der Waals surface area contributed by atoms with Gasteiger partial charge in [-0.2, -0.15) is 0 Å². The first kappa shape index (κ1) is 91.9. The summed E-state index contributed by atoms with van der Waals surface area (Å²) in [6.45, 7) is 0. The summed E-state index contributed by atoms with van der Waals surface area (Å²) >= 11 is 0. The molecule has 0 bridgehead atoms. The Labute approximate surface area is 427 Å². The van der Waals surface area contributed by atoms with Crippen molar-refractivity contribution < 1.29 is 49.4 Å². The summed E-state index contributed by atoms with van der Waals surface area (Å²) in [4.78, 5) is 43.1. The van der Waals surface area contributed by atoms with E-state index in [9.17, 15) is 0 Å². The molecule has 0 aromatic rings. The molecule has 0 unspecified atom stereocenters. The van der Waals surface area contributed by atoms with Crippen LogP contribution >= 0.6 is 15.6 Å². The summed E-state index contributed by atoms with van der Waals surface area (Å²) < 4.78 is 17.8. The van der Waals surface area contributed by atoms with E-state index in [-0.39, 0.29) is 388 Å². The van der Waals surface area contributed by atoms with Crippen LogP contribution in [0.1, 0.15) is 0 Å². The van der Waals surface area contributed by atoms with Crippen molar-refractivity contribution in [1.82, 2.24) is 0 Å². The Hall–Kier alpha value is 12.7. The van der Waals surface area contributed by atoms with Crippen molar-refractivity contribution in [3.8, 4) is 0 Å². The van der Waals surface area contributed by atoms with Gasteiger partial charge in [-0.15, -0.1) is 0 Å². The molecule has 22 heavy (non-hydrogen) atoms. The van der Waals surface area contributed by atoms with Crippen LogP contribution in [0.25, 0.3) is 0 Å². The van der Waals surface area contributed by atoms with Crippen molar-refractivity contribution in [2.75, 3.05) is 0 Å².